The number of nitrogens with zero attached hydrogens (tertiary/aromatic N) is 4. The first-order valence-corrected chi connectivity index (χ1v) is 23.4. The van der Waals surface area contributed by atoms with Crippen LogP contribution in [0.5, 0.6) is 0 Å². The lowest BCUT2D eigenvalue weighted by Gasteiger charge is -2.31. The normalized spacial score (nSPS) is 16.5. The summed E-state index contributed by atoms with van der Waals surface area (Å²) in [5.74, 6) is 2.97. The van der Waals surface area contributed by atoms with Gasteiger partial charge in [0, 0.05) is 51.2 Å². The summed E-state index contributed by atoms with van der Waals surface area (Å²) in [6.45, 7) is 0. The van der Waals surface area contributed by atoms with Gasteiger partial charge in [0.05, 0.1) is 5.41 Å². The second kappa shape index (κ2) is 14.4. The maximum Gasteiger partial charge on any atom is 0.154 e. The van der Waals surface area contributed by atoms with Crippen LogP contribution in [0.3, 0.4) is 0 Å². The van der Waals surface area contributed by atoms with Gasteiger partial charge in [-0.1, -0.05) is 158 Å². The molecule has 0 radical (unpaired) electrons. The van der Waals surface area contributed by atoms with Gasteiger partial charge in [-0.3, -0.25) is 0 Å². The zero-order valence-corrected chi connectivity index (χ0v) is 37.1. The zero-order valence-electron chi connectivity index (χ0n) is 37.1. The van der Waals surface area contributed by atoms with Gasteiger partial charge in [0.25, 0.3) is 0 Å². The van der Waals surface area contributed by atoms with Gasteiger partial charge in [-0.2, -0.15) is 0 Å². The molecule has 0 saturated carbocycles. The van der Waals surface area contributed by atoms with E-state index in [1.165, 1.54) is 88.3 Å². The molecule has 69 heavy (non-hydrogen) atoms. The summed E-state index contributed by atoms with van der Waals surface area (Å²) in [4.78, 5) is 19.2. The molecule has 4 heterocycles. The van der Waals surface area contributed by atoms with Gasteiger partial charge in [-0.25, -0.2) is 20.0 Å². The molecular formula is C63H38N6. The Labute approximate surface area is 398 Å². The molecule has 1 atom stereocenters. The summed E-state index contributed by atoms with van der Waals surface area (Å²) in [6, 6.07) is 74.7. The van der Waals surface area contributed by atoms with E-state index in [1.807, 2.05) is 48.7 Å². The quantitative estimate of drug-likeness (QED) is 0.181. The van der Waals surface area contributed by atoms with E-state index < -0.39 is 5.41 Å². The van der Waals surface area contributed by atoms with Crippen molar-refractivity contribution < 1.29 is 0 Å². The fourth-order valence-corrected chi connectivity index (χ4v) is 11.9. The second-order valence-electron chi connectivity index (χ2n) is 18.3. The number of fused-ring (bicyclic) bond motifs is 10. The van der Waals surface area contributed by atoms with Crippen LogP contribution in [-0.4, -0.2) is 21.6 Å². The van der Waals surface area contributed by atoms with Crippen LogP contribution in [0, 0.1) is 0 Å². The number of hydrogen-bond donors (Lipinski definition) is 2. The van der Waals surface area contributed by atoms with Gasteiger partial charge in [0.15, 0.2) is 11.6 Å². The van der Waals surface area contributed by atoms with Crippen molar-refractivity contribution in [1.29, 1.82) is 0 Å². The molecule has 6 heteroatoms. The predicted molar refractivity (Wildman–Crippen MR) is 282 cm³/mol. The molecule has 15 rings (SSSR count). The smallest absolute Gasteiger partial charge is 0.154 e. The van der Waals surface area contributed by atoms with Gasteiger partial charge >= 0.3 is 0 Å². The van der Waals surface area contributed by atoms with E-state index in [0.717, 1.165) is 45.3 Å². The standard InChI is InChI=1S/C63H38N6/c1-2-12-37(13-3-1)40-25-32-58(65-36-40)69-62-50-19-11-17-48-42(29-31-56(67-62)60(48)50)39-24-27-46-44-15-5-7-21-52(44)63(54(46)35-39)51-20-6-4-14-43(51)45-26-23-38(34-53(45)63)41-28-30-55-59-47(41)16-10-18-49(59)61(66-55)68-57-22-8-9-33-64-57/h1-36H,(H,64,66,68)(H,65,67,69). The Balaban J connectivity index is 0.879. The maximum absolute atomic E-state index is 5.06. The van der Waals surface area contributed by atoms with E-state index in [0.29, 0.717) is 11.6 Å². The summed E-state index contributed by atoms with van der Waals surface area (Å²) in [6.07, 6.45) is 3.68. The Hall–Kier alpha value is -9.26. The summed E-state index contributed by atoms with van der Waals surface area (Å²) in [5.41, 5.74) is 21.0. The van der Waals surface area contributed by atoms with Crippen molar-refractivity contribution in [2.75, 3.05) is 10.6 Å². The first-order valence-electron chi connectivity index (χ1n) is 23.4. The molecule has 1 spiro atoms. The number of amidine groups is 2. The maximum atomic E-state index is 5.06. The Morgan fingerprint density at radius 1 is 0.333 bits per heavy atom. The fraction of sp³-hybridized carbons (Fsp3) is 0.0159. The summed E-state index contributed by atoms with van der Waals surface area (Å²) < 4.78 is 0. The first-order chi connectivity index (χ1) is 34.2. The van der Waals surface area contributed by atoms with Crippen molar-refractivity contribution in [3.8, 4) is 55.6 Å². The predicted octanol–water partition coefficient (Wildman–Crippen LogP) is 15.1. The number of rotatable bonds is 5. The topological polar surface area (TPSA) is 74.6 Å². The summed E-state index contributed by atoms with van der Waals surface area (Å²) >= 11 is 0. The van der Waals surface area contributed by atoms with Crippen molar-refractivity contribution in [2.45, 2.75) is 5.41 Å². The Kier molecular flexibility index (Phi) is 7.89. The van der Waals surface area contributed by atoms with Gasteiger partial charge in [-0.15, -0.1) is 0 Å². The number of nitrogens with one attached hydrogen (secondary N) is 2. The van der Waals surface area contributed by atoms with Crippen LogP contribution in [0.1, 0.15) is 33.4 Å². The molecule has 320 valence electrons. The third-order valence-corrected chi connectivity index (χ3v) is 14.8. The van der Waals surface area contributed by atoms with Crippen LogP contribution in [0.2, 0.25) is 0 Å². The van der Waals surface area contributed by atoms with Gasteiger partial charge in [0.1, 0.15) is 11.7 Å². The Morgan fingerprint density at radius 2 is 0.826 bits per heavy atom. The lowest BCUT2D eigenvalue weighted by molar-refractivity contribution is 0.794. The lowest BCUT2D eigenvalue weighted by Crippen LogP contribution is -2.26. The highest BCUT2D eigenvalue weighted by Crippen LogP contribution is 2.64. The van der Waals surface area contributed by atoms with Crippen molar-refractivity contribution in [1.82, 2.24) is 9.97 Å². The van der Waals surface area contributed by atoms with E-state index in [-0.39, 0.29) is 0 Å². The third kappa shape index (κ3) is 5.42. The monoisotopic (exact) mass is 878 g/mol. The van der Waals surface area contributed by atoms with Gasteiger partial charge in [0.2, 0.25) is 0 Å². The van der Waals surface area contributed by atoms with Gasteiger partial charge < -0.3 is 10.6 Å². The number of hydrogen-bond acceptors (Lipinski definition) is 4. The minimum Gasteiger partial charge on any atom is -0.339 e. The minimum absolute atomic E-state index is 0.540. The highest BCUT2D eigenvalue weighted by atomic mass is 15.1. The average Bonchev–Trinajstić information content (AvgIpc) is 4.13. The van der Waals surface area contributed by atoms with E-state index in [1.54, 1.807) is 6.20 Å². The molecule has 6 nitrogen and oxygen atoms in total. The van der Waals surface area contributed by atoms with Crippen LogP contribution < -0.4 is 10.6 Å². The third-order valence-electron chi connectivity index (χ3n) is 14.8. The highest BCUT2D eigenvalue weighted by molar-refractivity contribution is 6.29. The highest BCUT2D eigenvalue weighted by Gasteiger charge is 2.52. The number of aromatic nitrogens is 2. The Morgan fingerprint density at radius 3 is 1.38 bits per heavy atom. The zero-order chi connectivity index (χ0) is 45.2. The minimum atomic E-state index is -0.540. The molecule has 2 aromatic heterocycles. The van der Waals surface area contributed by atoms with Crippen molar-refractivity contribution in [3.63, 3.8) is 0 Å². The van der Waals surface area contributed by atoms with E-state index >= 15 is 0 Å². The molecule has 1 unspecified atom stereocenters. The van der Waals surface area contributed by atoms with E-state index in [2.05, 4.69) is 179 Å². The summed E-state index contributed by atoms with van der Waals surface area (Å²) in [5, 5.41) is 12.0. The second-order valence-corrected chi connectivity index (χ2v) is 18.3. The number of aliphatic imine (C=N–C) groups is 2. The molecule has 2 aliphatic carbocycles. The fourth-order valence-electron chi connectivity index (χ4n) is 11.9. The SMILES string of the molecule is c1ccc(-c2ccc(N=C3Nc4ccc(-c5ccc6c(c5)C5(c7ccccc7-c7ccc(-c8ccc9c%10c(cccc8%10)C(=Nc8ccccn8)N9)cc75)c5ccccc5-6)c5cccc3c45)nc2)cc1. The molecule has 4 aliphatic rings. The van der Waals surface area contributed by atoms with E-state index in [9.17, 15) is 0 Å². The molecule has 9 aromatic carbocycles. The van der Waals surface area contributed by atoms with Crippen molar-refractivity contribution in [3.05, 3.63) is 252 Å². The molecular weight excluding hydrogens is 841 g/mol. The number of benzene rings is 9. The molecule has 0 amide bonds. The number of pyridine rings is 2. The molecule has 2 N–H and O–H groups in total. The van der Waals surface area contributed by atoms with Gasteiger partial charge in [-0.05, 0) is 132 Å². The summed E-state index contributed by atoms with van der Waals surface area (Å²) in [7, 11) is 0. The molecule has 11 aromatic rings. The van der Waals surface area contributed by atoms with Crippen LogP contribution in [0.4, 0.5) is 23.0 Å². The Bertz CT molecular complexity index is 4050. The van der Waals surface area contributed by atoms with Crippen LogP contribution >= 0.6 is 0 Å². The largest absolute Gasteiger partial charge is 0.339 e. The van der Waals surface area contributed by atoms with Crippen LogP contribution in [-0.2, 0) is 5.41 Å². The van der Waals surface area contributed by atoms with Crippen LogP contribution in [0.25, 0.3) is 77.2 Å². The number of anilines is 2. The van der Waals surface area contributed by atoms with E-state index in [4.69, 9.17) is 15.0 Å². The molecule has 2 aliphatic heterocycles. The molecule has 0 fully saturated rings. The van der Waals surface area contributed by atoms with Crippen molar-refractivity contribution in [2.24, 2.45) is 9.98 Å². The molecule has 0 bridgehead atoms. The molecule has 0 saturated heterocycles. The average molecular weight is 879 g/mol. The van der Waals surface area contributed by atoms with Crippen LogP contribution in [0.15, 0.2) is 229 Å². The van der Waals surface area contributed by atoms with Crippen molar-refractivity contribution >= 4 is 56.2 Å². The lowest BCUT2D eigenvalue weighted by atomic mass is 9.70. The first kappa shape index (κ1) is 37.9.